The molecule has 1 aromatic rings. The maximum absolute atomic E-state index is 13.8. The molecule has 2 heterocycles. The number of halogens is 1. The number of carbonyl (C=O) groups excluding carboxylic acids is 2. The van der Waals surface area contributed by atoms with Crippen molar-refractivity contribution in [2.45, 2.75) is 25.3 Å². The predicted octanol–water partition coefficient (Wildman–Crippen LogP) is 0.341. The number of rotatable bonds is 2. The molecule has 2 bridgehead atoms. The van der Waals surface area contributed by atoms with E-state index in [2.05, 4.69) is 10.6 Å². The van der Waals surface area contributed by atoms with Crippen LogP contribution >= 0.6 is 0 Å². The number of amides is 2. The van der Waals surface area contributed by atoms with Gasteiger partial charge in [0.15, 0.2) is 0 Å². The number of hydrogen-bond acceptors (Lipinski definition) is 5. The van der Waals surface area contributed by atoms with Crippen LogP contribution in [0.5, 0.6) is 5.75 Å². The lowest BCUT2D eigenvalue weighted by molar-refractivity contribution is -0.125. The van der Waals surface area contributed by atoms with Crippen LogP contribution in [0.25, 0.3) is 0 Å². The summed E-state index contributed by atoms with van der Waals surface area (Å²) in [7, 11) is -0.959. The van der Waals surface area contributed by atoms with Crippen molar-refractivity contribution < 1.29 is 27.1 Å². The Balaban J connectivity index is 1.94. The van der Waals surface area contributed by atoms with E-state index in [1.165, 1.54) is 30.5 Å². The maximum Gasteiger partial charge on any atom is 0.281 e. The Bertz CT molecular complexity index is 908. The molecule has 3 rings (SSSR count). The largest absolute Gasteiger partial charge is 0.493 e. The van der Waals surface area contributed by atoms with Crippen LogP contribution in [0.2, 0.25) is 0 Å². The Morgan fingerprint density at radius 3 is 2.70 bits per heavy atom. The van der Waals surface area contributed by atoms with Crippen molar-refractivity contribution in [3.8, 4) is 5.75 Å². The topological polar surface area (TPSA) is 108 Å². The Kier molecular flexibility index (Phi) is 6.94. The minimum absolute atomic E-state index is 0.0154. The molecular formula is C19H27FN4O5S. The Morgan fingerprint density at radius 1 is 1.20 bits per heavy atom. The molecular weight excluding hydrogens is 415 g/mol. The molecule has 1 fully saturated rings. The van der Waals surface area contributed by atoms with Crippen molar-refractivity contribution in [2.75, 3.05) is 40.3 Å². The van der Waals surface area contributed by atoms with Gasteiger partial charge in [-0.3, -0.25) is 9.59 Å². The monoisotopic (exact) mass is 442 g/mol. The standard InChI is InChI=1S/C19H27FN4O5S/c1-23(2)30(27,28)24-11-13-4-6-15(12-24)22-19(26)16-10-14(20)5-7-17(16)29-9-3-8-21-18(13)25/h5,7,10,13,15H,3-4,6,8-9,11-12H2,1-2H3,(H,21,25)(H,22,26)/t13-,15+/m0/s1. The summed E-state index contributed by atoms with van der Waals surface area (Å²) in [6, 6.07) is 3.16. The molecule has 0 radical (unpaired) electrons. The molecule has 0 unspecified atom stereocenters. The zero-order chi connectivity index (χ0) is 21.9. The van der Waals surface area contributed by atoms with Crippen molar-refractivity contribution in [3.63, 3.8) is 0 Å². The minimum atomic E-state index is -3.80. The Hall–Kier alpha value is -2.24. The molecule has 1 saturated heterocycles. The number of benzene rings is 1. The third-order valence-corrected chi connectivity index (χ3v) is 7.14. The predicted molar refractivity (Wildman–Crippen MR) is 108 cm³/mol. The summed E-state index contributed by atoms with van der Waals surface area (Å²) in [6.07, 6.45) is 1.32. The normalized spacial score (nSPS) is 24.3. The molecule has 0 aliphatic carbocycles. The van der Waals surface area contributed by atoms with E-state index in [9.17, 15) is 22.4 Å². The van der Waals surface area contributed by atoms with Crippen LogP contribution in [0.1, 0.15) is 29.6 Å². The average Bonchev–Trinajstić information content (AvgIpc) is 2.91. The van der Waals surface area contributed by atoms with Gasteiger partial charge in [-0.15, -0.1) is 0 Å². The van der Waals surface area contributed by atoms with Gasteiger partial charge in [-0.05, 0) is 37.5 Å². The number of nitrogens with one attached hydrogen (secondary N) is 2. The number of carbonyl (C=O) groups is 2. The third kappa shape index (κ3) is 5.08. The van der Waals surface area contributed by atoms with E-state index < -0.39 is 33.9 Å². The first-order valence-electron chi connectivity index (χ1n) is 9.87. The first-order valence-corrected chi connectivity index (χ1v) is 11.3. The van der Waals surface area contributed by atoms with Gasteiger partial charge in [0, 0.05) is 39.8 Å². The maximum atomic E-state index is 13.8. The van der Waals surface area contributed by atoms with E-state index in [1.807, 2.05) is 0 Å². The highest BCUT2D eigenvalue weighted by molar-refractivity contribution is 7.86. The quantitative estimate of drug-likeness (QED) is 0.687. The lowest BCUT2D eigenvalue weighted by Crippen LogP contribution is -2.49. The smallest absolute Gasteiger partial charge is 0.281 e. The molecule has 2 aliphatic rings. The summed E-state index contributed by atoms with van der Waals surface area (Å²) in [5.41, 5.74) is 0.0545. The summed E-state index contributed by atoms with van der Waals surface area (Å²) in [4.78, 5) is 25.5. The van der Waals surface area contributed by atoms with Gasteiger partial charge in [0.05, 0.1) is 18.1 Å². The fraction of sp³-hybridized carbons (Fsp3) is 0.579. The zero-order valence-electron chi connectivity index (χ0n) is 17.1. The van der Waals surface area contributed by atoms with Crippen LogP contribution in [-0.4, -0.2) is 75.2 Å². The van der Waals surface area contributed by atoms with Crippen LogP contribution < -0.4 is 15.4 Å². The molecule has 11 heteroatoms. The highest BCUT2D eigenvalue weighted by Gasteiger charge is 2.36. The van der Waals surface area contributed by atoms with Gasteiger partial charge in [0.1, 0.15) is 11.6 Å². The molecule has 2 atom stereocenters. The van der Waals surface area contributed by atoms with Gasteiger partial charge in [-0.2, -0.15) is 17.0 Å². The fourth-order valence-electron chi connectivity index (χ4n) is 3.58. The average molecular weight is 443 g/mol. The molecule has 2 amide bonds. The number of ether oxygens (including phenoxy) is 1. The van der Waals surface area contributed by atoms with E-state index in [0.29, 0.717) is 25.8 Å². The van der Waals surface area contributed by atoms with Crippen LogP contribution in [0.15, 0.2) is 18.2 Å². The van der Waals surface area contributed by atoms with E-state index >= 15 is 0 Å². The van der Waals surface area contributed by atoms with Gasteiger partial charge in [-0.25, -0.2) is 4.39 Å². The van der Waals surface area contributed by atoms with Crippen LogP contribution in [0.4, 0.5) is 4.39 Å². The van der Waals surface area contributed by atoms with Gasteiger partial charge in [0.2, 0.25) is 5.91 Å². The molecule has 166 valence electrons. The third-order valence-electron chi connectivity index (χ3n) is 5.27. The molecule has 1 aromatic carbocycles. The number of hydrogen-bond donors (Lipinski definition) is 2. The van der Waals surface area contributed by atoms with Gasteiger partial charge in [-0.1, -0.05) is 0 Å². The van der Waals surface area contributed by atoms with E-state index in [-0.39, 0.29) is 36.9 Å². The molecule has 0 aromatic heterocycles. The van der Waals surface area contributed by atoms with Crippen molar-refractivity contribution in [3.05, 3.63) is 29.6 Å². The number of nitrogens with zero attached hydrogens (tertiary/aromatic N) is 2. The van der Waals surface area contributed by atoms with Crippen molar-refractivity contribution in [2.24, 2.45) is 5.92 Å². The summed E-state index contributed by atoms with van der Waals surface area (Å²) in [6.45, 7) is 0.630. The van der Waals surface area contributed by atoms with Gasteiger partial charge < -0.3 is 15.4 Å². The van der Waals surface area contributed by atoms with Crippen molar-refractivity contribution >= 4 is 22.0 Å². The molecule has 30 heavy (non-hydrogen) atoms. The first-order chi connectivity index (χ1) is 14.2. The summed E-state index contributed by atoms with van der Waals surface area (Å²) >= 11 is 0. The lowest BCUT2D eigenvalue weighted by atomic mass is 10.0. The highest BCUT2D eigenvalue weighted by atomic mass is 32.2. The first kappa shape index (κ1) is 22.4. The van der Waals surface area contributed by atoms with Crippen LogP contribution in [0, 0.1) is 11.7 Å². The van der Waals surface area contributed by atoms with E-state index in [0.717, 1.165) is 10.4 Å². The van der Waals surface area contributed by atoms with Crippen LogP contribution in [0.3, 0.4) is 0 Å². The molecule has 0 spiro atoms. The van der Waals surface area contributed by atoms with E-state index in [1.54, 1.807) is 0 Å². The van der Waals surface area contributed by atoms with E-state index in [4.69, 9.17) is 4.74 Å². The highest BCUT2D eigenvalue weighted by Crippen LogP contribution is 2.24. The minimum Gasteiger partial charge on any atom is -0.493 e. The molecule has 9 nitrogen and oxygen atoms in total. The summed E-state index contributed by atoms with van der Waals surface area (Å²) in [5, 5.41) is 5.63. The van der Waals surface area contributed by atoms with Gasteiger partial charge >= 0.3 is 0 Å². The molecule has 2 aliphatic heterocycles. The second kappa shape index (κ2) is 9.27. The molecule has 2 N–H and O–H groups in total. The van der Waals surface area contributed by atoms with Crippen LogP contribution in [-0.2, 0) is 15.0 Å². The van der Waals surface area contributed by atoms with Gasteiger partial charge in [0.25, 0.3) is 16.1 Å². The summed E-state index contributed by atoms with van der Waals surface area (Å²) in [5.74, 6) is -1.63. The summed E-state index contributed by atoms with van der Waals surface area (Å²) < 4.78 is 47.2. The second-order valence-corrected chi connectivity index (χ2v) is 9.83. The Labute approximate surface area is 175 Å². The van der Waals surface area contributed by atoms with Crippen molar-refractivity contribution in [1.82, 2.24) is 19.2 Å². The Morgan fingerprint density at radius 2 is 1.97 bits per heavy atom. The SMILES string of the molecule is CN(C)S(=O)(=O)N1C[C@H]2CC[C@@H](C1)C(=O)NCCCOc1ccc(F)cc1C(=O)N2. The fourth-order valence-corrected chi connectivity index (χ4v) is 4.78. The number of fused-ring (bicyclic) bond motifs is 4. The lowest BCUT2D eigenvalue weighted by Gasteiger charge is -2.28. The zero-order valence-corrected chi connectivity index (χ0v) is 17.9. The van der Waals surface area contributed by atoms with Crippen molar-refractivity contribution in [1.29, 1.82) is 0 Å². The molecule has 0 saturated carbocycles. The second-order valence-electron chi connectivity index (χ2n) is 7.69.